The number of anilines is 1. The van der Waals surface area contributed by atoms with Crippen molar-refractivity contribution in [2.45, 2.75) is 6.54 Å². The summed E-state index contributed by atoms with van der Waals surface area (Å²) in [6.45, 7) is 0.400. The first kappa shape index (κ1) is 20.3. The summed E-state index contributed by atoms with van der Waals surface area (Å²) in [7, 11) is 3.59. The van der Waals surface area contributed by atoms with Crippen molar-refractivity contribution in [2.75, 3.05) is 26.0 Å². The summed E-state index contributed by atoms with van der Waals surface area (Å²) in [6, 6.07) is 10.9. The molecule has 0 fully saturated rings. The molecule has 0 saturated heterocycles. The zero-order valence-corrected chi connectivity index (χ0v) is 15.6. The molecule has 0 saturated carbocycles. The monoisotopic (exact) mass is 390 g/mol. The van der Waals surface area contributed by atoms with E-state index in [4.69, 9.17) is 11.6 Å². The average Bonchev–Trinajstić information content (AvgIpc) is 2.59. The van der Waals surface area contributed by atoms with Gasteiger partial charge >= 0.3 is 0 Å². The Kier molecular flexibility index (Phi) is 6.86. The van der Waals surface area contributed by atoms with E-state index in [9.17, 15) is 19.7 Å². The van der Waals surface area contributed by atoms with Gasteiger partial charge in [0, 0.05) is 23.3 Å². The Balaban J connectivity index is 2.05. The highest BCUT2D eigenvalue weighted by Gasteiger charge is 2.20. The Hall–Kier alpha value is -2.97. The lowest BCUT2D eigenvalue weighted by Crippen LogP contribution is -2.27. The van der Waals surface area contributed by atoms with Gasteiger partial charge in [-0.15, -0.1) is 0 Å². The van der Waals surface area contributed by atoms with E-state index in [-0.39, 0.29) is 35.3 Å². The van der Waals surface area contributed by atoms with Gasteiger partial charge in [-0.05, 0) is 43.9 Å². The minimum Gasteiger partial charge on any atom is -0.348 e. The first-order chi connectivity index (χ1) is 12.8. The molecule has 8 nitrogen and oxygen atoms in total. The van der Waals surface area contributed by atoms with Crippen molar-refractivity contribution in [3.05, 3.63) is 68.7 Å². The topological polar surface area (TPSA) is 105 Å². The van der Waals surface area contributed by atoms with Crippen LogP contribution in [0.2, 0.25) is 5.02 Å². The molecule has 142 valence electrons. The number of carbonyl (C=O) groups is 2. The molecule has 2 N–H and O–H groups in total. The van der Waals surface area contributed by atoms with Crippen LogP contribution >= 0.6 is 11.6 Å². The standard InChI is InChI=1S/C18H19ClN4O4/c1-22(2)11-17(24)21-14-5-3-4-12(8-14)10-20-18(25)15-7-6-13(19)9-16(15)23(26)27/h3-9H,10-11H2,1-2H3,(H,20,25)(H,21,24). The fourth-order valence-corrected chi connectivity index (χ4v) is 2.54. The SMILES string of the molecule is CN(C)CC(=O)Nc1cccc(CNC(=O)c2ccc(Cl)cc2[N+](=O)[O-])c1. The molecule has 2 aromatic carbocycles. The number of carbonyl (C=O) groups excluding carboxylic acids is 2. The van der Waals surface area contributed by atoms with Gasteiger partial charge in [0.25, 0.3) is 11.6 Å². The summed E-state index contributed by atoms with van der Waals surface area (Å²) < 4.78 is 0. The third-order valence-electron chi connectivity index (χ3n) is 3.52. The maximum atomic E-state index is 12.3. The fraction of sp³-hybridized carbons (Fsp3) is 0.222. The van der Waals surface area contributed by atoms with Gasteiger partial charge in [0.15, 0.2) is 0 Å². The van der Waals surface area contributed by atoms with Gasteiger partial charge in [0.2, 0.25) is 5.91 Å². The lowest BCUT2D eigenvalue weighted by molar-refractivity contribution is -0.385. The van der Waals surface area contributed by atoms with Gasteiger partial charge in [0.1, 0.15) is 5.56 Å². The number of nitrogens with one attached hydrogen (secondary N) is 2. The van der Waals surface area contributed by atoms with Gasteiger partial charge in [-0.25, -0.2) is 0 Å². The van der Waals surface area contributed by atoms with E-state index in [0.717, 1.165) is 11.6 Å². The number of nitro groups is 1. The predicted octanol–water partition coefficient (Wildman–Crippen LogP) is 2.68. The maximum Gasteiger partial charge on any atom is 0.283 e. The number of halogens is 1. The number of amides is 2. The highest BCUT2D eigenvalue weighted by atomic mass is 35.5. The van der Waals surface area contributed by atoms with Crippen LogP contribution in [0, 0.1) is 10.1 Å². The van der Waals surface area contributed by atoms with Crippen LogP contribution < -0.4 is 10.6 Å². The molecule has 2 aromatic rings. The number of nitrogens with zero attached hydrogens (tertiary/aromatic N) is 2. The van der Waals surface area contributed by atoms with Gasteiger partial charge in [-0.1, -0.05) is 23.7 Å². The molecule has 2 amide bonds. The van der Waals surface area contributed by atoms with Crippen LogP contribution in [0.1, 0.15) is 15.9 Å². The fourth-order valence-electron chi connectivity index (χ4n) is 2.37. The highest BCUT2D eigenvalue weighted by molar-refractivity contribution is 6.31. The van der Waals surface area contributed by atoms with E-state index in [2.05, 4.69) is 10.6 Å². The van der Waals surface area contributed by atoms with Crippen LogP contribution in [0.4, 0.5) is 11.4 Å². The second-order valence-electron chi connectivity index (χ2n) is 6.09. The molecule has 0 heterocycles. The Morgan fingerprint density at radius 2 is 1.93 bits per heavy atom. The Bertz CT molecular complexity index is 870. The molecule has 0 bridgehead atoms. The second kappa shape index (κ2) is 9.11. The third-order valence-corrected chi connectivity index (χ3v) is 3.76. The molecule has 0 aliphatic rings. The summed E-state index contributed by atoms with van der Waals surface area (Å²) in [4.78, 5) is 36.3. The first-order valence-corrected chi connectivity index (χ1v) is 8.39. The van der Waals surface area contributed by atoms with Crippen molar-refractivity contribution >= 4 is 34.8 Å². The summed E-state index contributed by atoms with van der Waals surface area (Å²) in [5, 5.41) is 16.7. The molecule has 27 heavy (non-hydrogen) atoms. The molecule has 0 unspecified atom stereocenters. The predicted molar refractivity (Wildman–Crippen MR) is 103 cm³/mol. The third kappa shape index (κ3) is 6.05. The first-order valence-electron chi connectivity index (χ1n) is 8.02. The van der Waals surface area contributed by atoms with Crippen molar-refractivity contribution in [3.63, 3.8) is 0 Å². The highest BCUT2D eigenvalue weighted by Crippen LogP contribution is 2.23. The van der Waals surface area contributed by atoms with E-state index in [0.29, 0.717) is 5.69 Å². The molecule has 0 aliphatic carbocycles. The van der Waals surface area contributed by atoms with E-state index in [1.54, 1.807) is 43.3 Å². The quantitative estimate of drug-likeness (QED) is 0.558. The maximum absolute atomic E-state index is 12.3. The summed E-state index contributed by atoms with van der Waals surface area (Å²) in [5.41, 5.74) is 0.915. The minimum absolute atomic E-state index is 0.0696. The van der Waals surface area contributed by atoms with E-state index in [1.165, 1.54) is 12.1 Å². The molecule has 0 atom stereocenters. The Morgan fingerprint density at radius 1 is 1.19 bits per heavy atom. The summed E-state index contributed by atoms with van der Waals surface area (Å²) in [6.07, 6.45) is 0. The summed E-state index contributed by atoms with van der Waals surface area (Å²) >= 11 is 5.76. The smallest absolute Gasteiger partial charge is 0.283 e. The van der Waals surface area contributed by atoms with Crippen molar-refractivity contribution in [1.29, 1.82) is 0 Å². The molecule has 0 spiro atoms. The Morgan fingerprint density at radius 3 is 2.59 bits per heavy atom. The molecule has 0 aliphatic heterocycles. The average molecular weight is 391 g/mol. The molecule has 9 heteroatoms. The molecular formula is C18H19ClN4O4. The molecule has 2 rings (SSSR count). The van der Waals surface area contributed by atoms with Crippen molar-refractivity contribution in [1.82, 2.24) is 10.2 Å². The van der Waals surface area contributed by atoms with Crippen LogP contribution in [0.5, 0.6) is 0 Å². The zero-order valence-electron chi connectivity index (χ0n) is 14.9. The second-order valence-corrected chi connectivity index (χ2v) is 6.52. The van der Waals surface area contributed by atoms with Crippen LogP contribution in [-0.4, -0.2) is 42.3 Å². The largest absolute Gasteiger partial charge is 0.348 e. The number of benzene rings is 2. The van der Waals surface area contributed by atoms with Crippen LogP contribution in [0.25, 0.3) is 0 Å². The molecule has 0 radical (unpaired) electrons. The number of hydrogen-bond acceptors (Lipinski definition) is 5. The van der Waals surface area contributed by atoms with Crippen LogP contribution in [-0.2, 0) is 11.3 Å². The van der Waals surface area contributed by atoms with Gasteiger partial charge < -0.3 is 15.5 Å². The van der Waals surface area contributed by atoms with Crippen LogP contribution in [0.3, 0.4) is 0 Å². The zero-order chi connectivity index (χ0) is 20.0. The number of nitro benzene ring substituents is 1. The van der Waals surface area contributed by atoms with E-state index < -0.39 is 10.8 Å². The number of hydrogen-bond donors (Lipinski definition) is 2. The van der Waals surface area contributed by atoms with Crippen LogP contribution in [0.15, 0.2) is 42.5 Å². The molecule has 0 aromatic heterocycles. The van der Waals surface area contributed by atoms with Crippen molar-refractivity contribution in [2.24, 2.45) is 0 Å². The number of likely N-dealkylation sites (N-methyl/N-ethyl adjacent to an activating group) is 1. The van der Waals surface area contributed by atoms with E-state index in [1.807, 2.05) is 0 Å². The number of rotatable bonds is 7. The van der Waals surface area contributed by atoms with Gasteiger partial charge in [0.05, 0.1) is 11.5 Å². The van der Waals surface area contributed by atoms with E-state index >= 15 is 0 Å². The van der Waals surface area contributed by atoms with Crippen molar-refractivity contribution < 1.29 is 14.5 Å². The minimum atomic E-state index is -0.651. The molecular weight excluding hydrogens is 372 g/mol. The normalized spacial score (nSPS) is 10.5. The lowest BCUT2D eigenvalue weighted by Gasteiger charge is -2.11. The summed E-state index contributed by atoms with van der Waals surface area (Å²) in [5.74, 6) is -0.738. The van der Waals surface area contributed by atoms with Gasteiger partial charge in [-0.2, -0.15) is 0 Å². The Labute approximate surface area is 161 Å². The lowest BCUT2D eigenvalue weighted by atomic mass is 10.1. The van der Waals surface area contributed by atoms with Gasteiger partial charge in [-0.3, -0.25) is 19.7 Å². The van der Waals surface area contributed by atoms with Crippen molar-refractivity contribution in [3.8, 4) is 0 Å².